The number of nitrogens with one attached hydrogen (secondary N) is 1. The summed E-state index contributed by atoms with van der Waals surface area (Å²) in [5.74, 6) is -0.390. The second kappa shape index (κ2) is 8.45. The number of nitrogens with zero attached hydrogens (tertiary/aromatic N) is 3. The second-order valence-electron chi connectivity index (χ2n) is 6.99. The van der Waals surface area contributed by atoms with Crippen LogP contribution in [0.2, 0.25) is 0 Å². The number of nitrogens with two attached hydrogens (primary N) is 1. The Morgan fingerprint density at radius 2 is 2.04 bits per heavy atom. The van der Waals surface area contributed by atoms with Crippen molar-refractivity contribution in [2.45, 2.75) is 32.4 Å². The highest BCUT2D eigenvalue weighted by molar-refractivity contribution is 5.98. The van der Waals surface area contributed by atoms with Crippen molar-refractivity contribution in [1.29, 1.82) is 0 Å². The van der Waals surface area contributed by atoms with Gasteiger partial charge in [-0.05, 0) is 75.8 Å². The van der Waals surface area contributed by atoms with Gasteiger partial charge in [-0.1, -0.05) is 0 Å². The molecule has 1 aliphatic rings. The Morgan fingerprint density at radius 1 is 1.30 bits per heavy atom. The van der Waals surface area contributed by atoms with E-state index in [0.29, 0.717) is 24.0 Å². The van der Waals surface area contributed by atoms with Gasteiger partial charge in [0.25, 0.3) is 0 Å². The van der Waals surface area contributed by atoms with E-state index in [1.54, 1.807) is 18.3 Å². The monoisotopic (exact) mass is 371 g/mol. The Morgan fingerprint density at radius 3 is 2.63 bits per heavy atom. The van der Waals surface area contributed by atoms with Crippen LogP contribution >= 0.6 is 0 Å². The number of hydrogen-bond acceptors (Lipinski definition) is 4. The van der Waals surface area contributed by atoms with Crippen molar-refractivity contribution in [3.63, 3.8) is 0 Å². The number of hydrogen-bond donors (Lipinski definition) is 2. The van der Waals surface area contributed by atoms with Gasteiger partial charge in [0, 0.05) is 18.3 Å². The van der Waals surface area contributed by atoms with E-state index < -0.39 is 6.03 Å². The molecular formula is C20H26FN5O. The first kappa shape index (κ1) is 19.3. The first-order valence-corrected chi connectivity index (χ1v) is 9.17. The highest BCUT2D eigenvalue weighted by Gasteiger charge is 2.20. The summed E-state index contributed by atoms with van der Waals surface area (Å²) in [6.45, 7) is 4.41. The van der Waals surface area contributed by atoms with Crippen LogP contribution in [0.1, 0.15) is 24.1 Å². The van der Waals surface area contributed by atoms with Crippen molar-refractivity contribution in [2.24, 2.45) is 5.73 Å². The molecule has 3 N–H and O–H groups in total. The molecule has 2 amide bonds. The molecule has 6 nitrogen and oxygen atoms in total. The van der Waals surface area contributed by atoms with Gasteiger partial charge in [-0.2, -0.15) is 0 Å². The van der Waals surface area contributed by atoms with Crippen LogP contribution in [0.5, 0.6) is 0 Å². The lowest BCUT2D eigenvalue weighted by molar-refractivity contribution is 0.194. The predicted octanol–water partition coefficient (Wildman–Crippen LogP) is 2.93. The summed E-state index contributed by atoms with van der Waals surface area (Å²) < 4.78 is 14.3. The zero-order chi connectivity index (χ0) is 19.4. The van der Waals surface area contributed by atoms with Gasteiger partial charge in [0.05, 0.1) is 17.6 Å². The average Bonchev–Trinajstić information content (AvgIpc) is 2.63. The molecule has 0 saturated carbocycles. The normalized spacial score (nSPS) is 15.7. The summed E-state index contributed by atoms with van der Waals surface area (Å²) in [6.07, 6.45) is 3.70. The number of primary amides is 1. The number of carbonyl (C=O) groups excluding carboxylic acids is 1. The third-order valence-corrected chi connectivity index (χ3v) is 4.98. The molecule has 1 aromatic heterocycles. The number of piperidine rings is 1. The third kappa shape index (κ3) is 4.81. The maximum absolute atomic E-state index is 14.3. The molecule has 0 aliphatic carbocycles. The van der Waals surface area contributed by atoms with Gasteiger partial charge >= 0.3 is 6.03 Å². The molecule has 2 heterocycles. The van der Waals surface area contributed by atoms with E-state index in [1.165, 1.54) is 17.0 Å². The SMILES string of the molecule is CNC1CCN(Cc2cc(F)cc(N(C(N)=O)c3ccc(C)nc3)c2)CC1. The van der Waals surface area contributed by atoms with Crippen LogP contribution in [0, 0.1) is 12.7 Å². The van der Waals surface area contributed by atoms with Gasteiger partial charge in [0.1, 0.15) is 5.82 Å². The van der Waals surface area contributed by atoms with Gasteiger partial charge in [0.2, 0.25) is 0 Å². The van der Waals surface area contributed by atoms with Crippen LogP contribution in [-0.4, -0.2) is 42.1 Å². The fourth-order valence-corrected chi connectivity index (χ4v) is 3.49. The Kier molecular flexibility index (Phi) is 6.03. The summed E-state index contributed by atoms with van der Waals surface area (Å²) in [7, 11) is 1.98. The molecule has 0 bridgehead atoms. The van der Waals surface area contributed by atoms with Gasteiger partial charge in [-0.25, -0.2) is 9.18 Å². The lowest BCUT2D eigenvalue weighted by Gasteiger charge is -2.32. The number of carbonyl (C=O) groups is 1. The largest absolute Gasteiger partial charge is 0.351 e. The standard InChI is InChI=1S/C20H26FN5O/c1-14-3-4-18(12-24-14)26(20(22)27)19-10-15(9-16(21)11-19)13-25-7-5-17(23-2)6-8-25/h3-4,9-12,17,23H,5-8,13H2,1-2H3,(H2,22,27). The van der Waals surface area contributed by atoms with Gasteiger partial charge in [0.15, 0.2) is 0 Å². The average molecular weight is 371 g/mol. The molecule has 7 heteroatoms. The van der Waals surface area contributed by atoms with E-state index >= 15 is 0 Å². The minimum atomic E-state index is -0.674. The van der Waals surface area contributed by atoms with Gasteiger partial charge in [-0.15, -0.1) is 0 Å². The molecule has 0 spiro atoms. The minimum Gasteiger partial charge on any atom is -0.351 e. The minimum absolute atomic E-state index is 0.390. The number of pyridine rings is 1. The van der Waals surface area contributed by atoms with E-state index in [2.05, 4.69) is 15.2 Å². The molecule has 1 aromatic carbocycles. The first-order valence-electron chi connectivity index (χ1n) is 9.17. The number of urea groups is 1. The van der Waals surface area contributed by atoms with Gasteiger partial charge in [-0.3, -0.25) is 14.8 Å². The smallest absolute Gasteiger partial charge is 0.323 e. The zero-order valence-corrected chi connectivity index (χ0v) is 15.8. The molecule has 1 saturated heterocycles. The fourth-order valence-electron chi connectivity index (χ4n) is 3.49. The van der Waals surface area contributed by atoms with Crippen LogP contribution in [0.15, 0.2) is 36.5 Å². The van der Waals surface area contributed by atoms with E-state index in [4.69, 9.17) is 5.73 Å². The van der Waals surface area contributed by atoms with E-state index in [0.717, 1.165) is 37.2 Å². The summed E-state index contributed by atoms with van der Waals surface area (Å²) >= 11 is 0. The molecule has 0 radical (unpaired) electrons. The van der Waals surface area contributed by atoms with Crippen LogP contribution in [0.3, 0.4) is 0 Å². The Labute approximate surface area is 159 Å². The topological polar surface area (TPSA) is 74.5 Å². The van der Waals surface area contributed by atoms with Crippen molar-refractivity contribution in [2.75, 3.05) is 25.0 Å². The number of halogens is 1. The second-order valence-corrected chi connectivity index (χ2v) is 6.99. The van der Waals surface area contributed by atoms with Crippen molar-refractivity contribution in [3.8, 4) is 0 Å². The number of aromatic nitrogens is 1. The highest BCUT2D eigenvalue weighted by Crippen LogP contribution is 2.27. The zero-order valence-electron chi connectivity index (χ0n) is 15.8. The number of amides is 2. The van der Waals surface area contributed by atoms with E-state index in [1.807, 2.05) is 20.0 Å². The van der Waals surface area contributed by atoms with Crippen molar-refractivity contribution >= 4 is 17.4 Å². The van der Waals surface area contributed by atoms with Crippen LogP contribution in [-0.2, 0) is 6.54 Å². The number of rotatable bonds is 5. The van der Waals surface area contributed by atoms with E-state index in [-0.39, 0.29) is 5.82 Å². The Hall–Kier alpha value is -2.51. The number of aryl methyl sites for hydroxylation is 1. The lowest BCUT2D eigenvalue weighted by atomic mass is 10.0. The quantitative estimate of drug-likeness (QED) is 0.847. The lowest BCUT2D eigenvalue weighted by Crippen LogP contribution is -2.40. The van der Waals surface area contributed by atoms with Crippen molar-refractivity contribution in [1.82, 2.24) is 15.2 Å². The van der Waals surface area contributed by atoms with E-state index in [9.17, 15) is 9.18 Å². The molecule has 3 rings (SSSR count). The number of likely N-dealkylation sites (tertiary alicyclic amines) is 1. The predicted molar refractivity (Wildman–Crippen MR) is 104 cm³/mol. The van der Waals surface area contributed by atoms with Crippen molar-refractivity contribution in [3.05, 3.63) is 53.6 Å². The summed E-state index contributed by atoms with van der Waals surface area (Å²) in [6, 6.07) is 8.06. The molecular weight excluding hydrogens is 345 g/mol. The first-order chi connectivity index (χ1) is 13.0. The molecule has 27 heavy (non-hydrogen) atoms. The molecule has 2 aromatic rings. The van der Waals surface area contributed by atoms with Crippen molar-refractivity contribution < 1.29 is 9.18 Å². The van der Waals surface area contributed by atoms with Gasteiger partial charge < -0.3 is 11.1 Å². The number of anilines is 2. The molecule has 0 atom stereocenters. The van der Waals surface area contributed by atoms with Crippen LogP contribution in [0.4, 0.5) is 20.6 Å². The molecule has 1 fully saturated rings. The highest BCUT2D eigenvalue weighted by atomic mass is 19.1. The summed E-state index contributed by atoms with van der Waals surface area (Å²) in [5, 5.41) is 3.31. The maximum atomic E-state index is 14.3. The fraction of sp³-hybridized carbons (Fsp3) is 0.400. The number of benzene rings is 1. The van der Waals surface area contributed by atoms with Crippen LogP contribution < -0.4 is 16.0 Å². The maximum Gasteiger partial charge on any atom is 0.323 e. The third-order valence-electron chi connectivity index (χ3n) is 4.98. The molecule has 1 aliphatic heterocycles. The summed E-state index contributed by atoms with van der Waals surface area (Å²) in [5.41, 5.74) is 8.14. The molecule has 0 unspecified atom stereocenters. The summed E-state index contributed by atoms with van der Waals surface area (Å²) in [4.78, 5) is 19.8. The van der Waals surface area contributed by atoms with Crippen LogP contribution in [0.25, 0.3) is 0 Å². The molecule has 144 valence electrons. The Balaban J connectivity index is 1.83. The Bertz CT molecular complexity index is 787.